The molecule has 10 nitrogen and oxygen atoms in total. The molecule has 5 aromatic rings. The van der Waals surface area contributed by atoms with Crippen LogP contribution in [0.5, 0.6) is 11.5 Å². The van der Waals surface area contributed by atoms with Gasteiger partial charge in [0.25, 0.3) is 0 Å². The SMILES string of the molecule is COc1cc2nc(C(=O)CCC(=O)O)sc2cc1-c1ccccc1-c1cc2sc(C(=O)CCC(=O)O)nc2cc1OC. The van der Waals surface area contributed by atoms with E-state index in [2.05, 4.69) is 9.97 Å². The molecule has 5 rings (SSSR count). The van der Waals surface area contributed by atoms with Crippen molar-refractivity contribution in [3.05, 3.63) is 58.5 Å². The molecule has 0 bridgehead atoms. The molecule has 2 N–H and O–H groups in total. The summed E-state index contributed by atoms with van der Waals surface area (Å²) in [5.74, 6) is -1.68. The highest BCUT2D eigenvalue weighted by atomic mass is 32.1. The lowest BCUT2D eigenvalue weighted by atomic mass is 9.93. The quantitative estimate of drug-likeness (QED) is 0.154. The normalized spacial score (nSPS) is 11.1. The Hall–Kier alpha value is -4.68. The molecular weight excluding hydrogens is 580 g/mol. The number of carbonyl (C=O) groups is 4. The highest BCUT2D eigenvalue weighted by Gasteiger charge is 2.21. The number of hydrogen-bond acceptors (Lipinski definition) is 10. The monoisotopic (exact) mass is 604 g/mol. The molecule has 0 radical (unpaired) electrons. The highest BCUT2D eigenvalue weighted by Crippen LogP contribution is 2.44. The summed E-state index contributed by atoms with van der Waals surface area (Å²) < 4.78 is 12.9. The first-order valence-electron chi connectivity index (χ1n) is 12.8. The maximum absolute atomic E-state index is 12.5. The lowest BCUT2D eigenvalue weighted by Crippen LogP contribution is -2.03. The number of fused-ring (bicyclic) bond motifs is 2. The molecule has 12 heteroatoms. The van der Waals surface area contributed by atoms with Crippen molar-refractivity contribution >= 4 is 66.6 Å². The first-order chi connectivity index (χ1) is 20.2. The molecule has 2 aromatic heterocycles. The van der Waals surface area contributed by atoms with Gasteiger partial charge < -0.3 is 19.7 Å². The standard InChI is InChI=1S/C30H24N2O8S2/c1-39-23-13-19-25(41-29(31-19)21(33)7-9-27(35)36)11-17(23)15-5-3-4-6-16(15)18-12-26-20(14-24(18)40-2)32-30(42-26)22(34)8-10-28(37)38/h3-6,11-14H,7-10H2,1-2H3,(H,35,36)(H,37,38). The fraction of sp³-hybridized carbons (Fsp3) is 0.200. The fourth-order valence-corrected chi connectivity index (χ4v) is 6.42. The Kier molecular flexibility index (Phi) is 8.27. The topological polar surface area (TPSA) is 153 Å². The molecular formula is C30H24N2O8S2. The zero-order chi connectivity index (χ0) is 30.0. The summed E-state index contributed by atoms with van der Waals surface area (Å²) in [5.41, 5.74) is 4.29. The first-order valence-corrected chi connectivity index (χ1v) is 14.4. The second kappa shape index (κ2) is 12.0. The van der Waals surface area contributed by atoms with Gasteiger partial charge in [0.2, 0.25) is 0 Å². The van der Waals surface area contributed by atoms with Gasteiger partial charge in [-0.15, -0.1) is 22.7 Å². The van der Waals surface area contributed by atoms with Gasteiger partial charge in [0.05, 0.1) is 47.5 Å². The number of aliphatic carboxylic acids is 2. The molecule has 0 saturated heterocycles. The van der Waals surface area contributed by atoms with Crippen molar-refractivity contribution in [1.82, 2.24) is 9.97 Å². The molecule has 42 heavy (non-hydrogen) atoms. The van der Waals surface area contributed by atoms with Crippen molar-refractivity contribution in [3.8, 4) is 33.8 Å². The van der Waals surface area contributed by atoms with Crippen LogP contribution in [0.1, 0.15) is 45.3 Å². The maximum Gasteiger partial charge on any atom is 0.303 e. The predicted octanol–water partition coefficient (Wildman–Crippen LogP) is 6.35. The number of thiazole rings is 2. The lowest BCUT2D eigenvalue weighted by Gasteiger charge is -2.16. The number of carboxylic acid groups (broad SMARTS) is 2. The zero-order valence-electron chi connectivity index (χ0n) is 22.5. The minimum atomic E-state index is -1.04. The molecule has 214 valence electrons. The summed E-state index contributed by atoms with van der Waals surface area (Å²) >= 11 is 2.40. The number of hydrogen-bond donors (Lipinski definition) is 2. The second-order valence-corrected chi connectivity index (χ2v) is 11.3. The third-order valence-electron chi connectivity index (χ3n) is 6.54. The number of methoxy groups -OCH3 is 2. The van der Waals surface area contributed by atoms with Gasteiger partial charge >= 0.3 is 11.9 Å². The van der Waals surface area contributed by atoms with E-state index in [1.165, 1.54) is 22.7 Å². The first kappa shape index (κ1) is 28.8. The van der Waals surface area contributed by atoms with E-state index in [1.54, 1.807) is 26.4 Å². The Morgan fingerprint density at radius 2 is 1.05 bits per heavy atom. The largest absolute Gasteiger partial charge is 0.496 e. The van der Waals surface area contributed by atoms with Gasteiger partial charge in [0.15, 0.2) is 21.6 Å². The van der Waals surface area contributed by atoms with E-state index >= 15 is 0 Å². The number of ketones is 2. The Bertz CT molecular complexity index is 1740. The van der Waals surface area contributed by atoms with E-state index in [4.69, 9.17) is 19.7 Å². The molecule has 0 fully saturated rings. The smallest absolute Gasteiger partial charge is 0.303 e. The fourth-order valence-electron chi connectivity index (χ4n) is 4.51. The summed E-state index contributed by atoms with van der Waals surface area (Å²) in [6.45, 7) is 0. The van der Waals surface area contributed by atoms with Crippen LogP contribution >= 0.6 is 22.7 Å². The summed E-state index contributed by atoms with van der Waals surface area (Å²) in [7, 11) is 3.09. The van der Waals surface area contributed by atoms with E-state index in [9.17, 15) is 19.2 Å². The lowest BCUT2D eigenvalue weighted by molar-refractivity contribution is -0.137. The van der Waals surface area contributed by atoms with Gasteiger partial charge in [-0.25, -0.2) is 9.97 Å². The van der Waals surface area contributed by atoms with Crippen LogP contribution in [0.4, 0.5) is 0 Å². The summed E-state index contributed by atoms with van der Waals surface area (Å²) in [6.07, 6.45) is -0.787. The van der Waals surface area contributed by atoms with E-state index in [0.717, 1.165) is 31.7 Å². The average Bonchev–Trinajstić information content (AvgIpc) is 3.60. The Morgan fingerprint density at radius 3 is 1.40 bits per heavy atom. The third-order valence-corrected chi connectivity index (χ3v) is 8.65. The van der Waals surface area contributed by atoms with E-state index in [1.807, 2.05) is 36.4 Å². The van der Waals surface area contributed by atoms with Gasteiger partial charge in [0.1, 0.15) is 11.5 Å². The summed E-state index contributed by atoms with van der Waals surface area (Å²) in [5, 5.41) is 18.3. The summed E-state index contributed by atoms with van der Waals surface area (Å²) in [4.78, 5) is 55.8. The van der Waals surface area contributed by atoms with Gasteiger partial charge in [0, 0.05) is 36.1 Å². The highest BCUT2D eigenvalue weighted by molar-refractivity contribution is 7.20. The van der Waals surface area contributed by atoms with Crippen LogP contribution in [0.2, 0.25) is 0 Å². The number of rotatable bonds is 12. The van der Waals surface area contributed by atoms with Crippen molar-refractivity contribution in [2.24, 2.45) is 0 Å². The molecule has 2 heterocycles. The van der Waals surface area contributed by atoms with Crippen LogP contribution in [0.25, 0.3) is 42.7 Å². The Labute approximate surface area is 247 Å². The number of benzene rings is 3. The van der Waals surface area contributed by atoms with Crippen LogP contribution in [0, 0.1) is 0 Å². The number of nitrogens with zero attached hydrogens (tertiary/aromatic N) is 2. The van der Waals surface area contributed by atoms with Crippen molar-refractivity contribution < 1.29 is 38.9 Å². The average molecular weight is 605 g/mol. The number of ether oxygens (including phenoxy) is 2. The van der Waals surface area contributed by atoms with Crippen molar-refractivity contribution in [3.63, 3.8) is 0 Å². The van der Waals surface area contributed by atoms with E-state index < -0.39 is 11.9 Å². The molecule has 0 aliphatic heterocycles. The van der Waals surface area contributed by atoms with Crippen LogP contribution in [-0.2, 0) is 9.59 Å². The van der Waals surface area contributed by atoms with Crippen LogP contribution in [0.3, 0.4) is 0 Å². The zero-order valence-corrected chi connectivity index (χ0v) is 24.1. The molecule has 3 aromatic carbocycles. The van der Waals surface area contributed by atoms with Crippen LogP contribution in [-0.4, -0.2) is 57.9 Å². The second-order valence-electron chi connectivity index (χ2n) is 9.26. The van der Waals surface area contributed by atoms with Gasteiger partial charge in [-0.3, -0.25) is 19.2 Å². The predicted molar refractivity (Wildman–Crippen MR) is 159 cm³/mol. The summed E-state index contributed by atoms with van der Waals surface area (Å²) in [6, 6.07) is 15.0. The molecule has 0 aliphatic carbocycles. The number of carboxylic acids is 2. The minimum absolute atomic E-state index is 0.130. The van der Waals surface area contributed by atoms with Crippen LogP contribution < -0.4 is 9.47 Å². The molecule has 0 saturated carbocycles. The van der Waals surface area contributed by atoms with Crippen molar-refractivity contribution in [1.29, 1.82) is 0 Å². The van der Waals surface area contributed by atoms with Gasteiger partial charge in [-0.2, -0.15) is 0 Å². The van der Waals surface area contributed by atoms with Crippen molar-refractivity contribution in [2.75, 3.05) is 14.2 Å². The van der Waals surface area contributed by atoms with Gasteiger partial charge in [-0.05, 0) is 23.3 Å². The Morgan fingerprint density at radius 1 is 0.643 bits per heavy atom. The van der Waals surface area contributed by atoms with Crippen LogP contribution in [0.15, 0.2) is 48.5 Å². The maximum atomic E-state index is 12.5. The third kappa shape index (κ3) is 5.85. The Balaban J connectivity index is 1.59. The number of carbonyl (C=O) groups excluding carboxylic acids is 2. The molecule has 0 atom stereocenters. The number of aromatic nitrogens is 2. The van der Waals surface area contributed by atoms with Crippen molar-refractivity contribution in [2.45, 2.75) is 25.7 Å². The van der Waals surface area contributed by atoms with Gasteiger partial charge in [-0.1, -0.05) is 24.3 Å². The van der Waals surface area contributed by atoms with E-state index in [0.29, 0.717) is 22.5 Å². The molecule has 0 aliphatic rings. The molecule has 0 spiro atoms. The number of Topliss-reactive ketones (excluding diaryl/α,β-unsaturated/α-hetero) is 2. The van der Waals surface area contributed by atoms with E-state index in [-0.39, 0.29) is 47.3 Å². The minimum Gasteiger partial charge on any atom is -0.496 e. The molecule has 0 unspecified atom stereocenters. The molecule has 0 amide bonds.